The molecular weight excluding hydrogens is 901 g/mol. The first-order chi connectivity index (χ1) is 31.1. The molecule has 6 fully saturated rings. The first kappa shape index (κ1) is 53.4. The van der Waals surface area contributed by atoms with Gasteiger partial charge in [0.15, 0.2) is 0 Å². The number of piperidine rings is 2. The Morgan fingerprint density at radius 2 is 1.09 bits per heavy atom. The second-order valence-corrected chi connectivity index (χ2v) is 20.4. The molecule has 6 aliphatic rings. The second-order valence-electron chi connectivity index (χ2n) is 18.4. The second kappa shape index (κ2) is 24.2. The average Bonchev–Trinajstić information content (AvgIpc) is 4.01. The normalized spacial score (nSPS) is 23.2. The molecule has 4 amide bonds. The van der Waals surface area contributed by atoms with Crippen LogP contribution in [0, 0.1) is 11.8 Å². The minimum absolute atomic E-state index is 0. The van der Waals surface area contributed by atoms with E-state index in [1.807, 2.05) is 0 Å². The van der Waals surface area contributed by atoms with Crippen molar-refractivity contribution >= 4 is 32.9 Å². The van der Waals surface area contributed by atoms with Crippen molar-refractivity contribution in [2.45, 2.75) is 168 Å². The van der Waals surface area contributed by atoms with Gasteiger partial charge < -0.3 is 33.0 Å². The van der Waals surface area contributed by atoms with Gasteiger partial charge in [-0.25, -0.2) is 18.0 Å². The number of rotatable bonds is 22. The van der Waals surface area contributed by atoms with Crippen LogP contribution in [0.25, 0.3) is 0 Å². The molecule has 4 bridgehead atoms. The standard InChI is InChI=1S/C16H36N.C13H18N4O6S.C12H17N5O6S.CH4/c1-5-9-13-17(14-10-6-2,15-11-7-3)16-12-8-4;18-13-16-7-9(17(13)23-24(19,20)21)4-5-10(16)12-15-14-11(22-12)6-8-2-1-3-8;18-12-16-6-8(17(12)23-24(19,20)21)1-2-9(16)11-15-14-10(22-11)3-7-4-13-5-7;/h5-16H2,1-4H3;8-10H,1-7H2,(H,19,20,21);7-9,13H,1-6H2,(H,19,20,21);1H4/q+1;;;/p-1/t;9-,10+;8-,9+;/m.11./s1. The van der Waals surface area contributed by atoms with E-state index in [-0.39, 0.29) is 20.5 Å². The van der Waals surface area contributed by atoms with Crippen LogP contribution in [0.1, 0.15) is 167 Å². The molecule has 1 aliphatic carbocycles. The highest BCUT2D eigenvalue weighted by Crippen LogP contribution is 2.40. The van der Waals surface area contributed by atoms with Gasteiger partial charge >= 0.3 is 22.5 Å². The molecule has 7 heterocycles. The number of hydrogen-bond acceptors (Lipinski definition) is 16. The number of carbonyl (C=O) groups excluding carboxylic acids is 2. The summed E-state index contributed by atoms with van der Waals surface area (Å²) in [4.78, 5) is 27.5. The van der Waals surface area contributed by atoms with E-state index < -0.39 is 57.0 Å². The monoisotopic (exact) mass is 974 g/mol. The van der Waals surface area contributed by atoms with Crippen molar-refractivity contribution in [2.75, 3.05) is 52.4 Å². The number of quaternary nitrogens is 1. The van der Waals surface area contributed by atoms with Crippen LogP contribution in [0.3, 0.4) is 0 Å². The first-order valence-corrected chi connectivity index (χ1v) is 26.5. The van der Waals surface area contributed by atoms with Crippen molar-refractivity contribution in [3.05, 3.63) is 23.6 Å². The quantitative estimate of drug-likeness (QED) is 0.0791. The Bertz CT molecular complexity index is 1900. The number of fused-ring (bicyclic) bond motifs is 4. The minimum atomic E-state index is -4.99. The SMILES string of the molecule is C.CCCC[N+](CCCC)(CCCC)CCCC.O=C1N2C[C@@H](CC[C@H]2c2nnc(CC3CCC3)o2)N1OS(=O)(=O)[O-].O=C1N2C[C@@H](CC[C@H]2c2nnc(CC3CNC3)o2)N1OS(=O)(=O)O. The van der Waals surface area contributed by atoms with Crippen molar-refractivity contribution < 1.29 is 57.4 Å². The molecule has 2 aromatic rings. The van der Waals surface area contributed by atoms with E-state index in [1.165, 1.54) is 111 Å². The van der Waals surface area contributed by atoms with Crippen LogP contribution in [-0.2, 0) is 42.2 Å². The first-order valence-electron chi connectivity index (χ1n) is 23.8. The van der Waals surface area contributed by atoms with Gasteiger partial charge in [-0.2, -0.15) is 22.8 Å². The fourth-order valence-corrected chi connectivity index (χ4v) is 10.2. The van der Waals surface area contributed by atoms with Gasteiger partial charge in [0.05, 0.1) is 38.3 Å². The van der Waals surface area contributed by atoms with Gasteiger partial charge in [0, 0.05) is 25.9 Å². The zero-order valence-electron chi connectivity index (χ0n) is 38.4. The number of urea groups is 2. The molecule has 1 saturated carbocycles. The maximum Gasteiger partial charge on any atom is 0.418 e. The topological polar surface area (TPSA) is 267 Å². The minimum Gasteiger partial charge on any atom is -0.724 e. The predicted molar refractivity (Wildman–Crippen MR) is 239 cm³/mol. The van der Waals surface area contributed by atoms with Crippen LogP contribution in [0.2, 0.25) is 0 Å². The van der Waals surface area contributed by atoms with E-state index in [9.17, 15) is 31.0 Å². The Morgan fingerprint density at radius 3 is 1.44 bits per heavy atom. The lowest BCUT2D eigenvalue weighted by Crippen LogP contribution is -2.50. The lowest BCUT2D eigenvalue weighted by Gasteiger charge is -2.39. The summed E-state index contributed by atoms with van der Waals surface area (Å²) in [7, 11) is -9.74. The summed E-state index contributed by atoms with van der Waals surface area (Å²) in [5.41, 5.74) is 0. The van der Waals surface area contributed by atoms with E-state index in [1.54, 1.807) is 0 Å². The van der Waals surface area contributed by atoms with Gasteiger partial charge in [0.1, 0.15) is 12.1 Å². The number of aromatic nitrogens is 4. The van der Waals surface area contributed by atoms with E-state index in [2.05, 4.69) is 62.0 Å². The smallest absolute Gasteiger partial charge is 0.418 e. The summed E-state index contributed by atoms with van der Waals surface area (Å²) in [6, 6.07) is -3.03. The number of hydrogen-bond donors (Lipinski definition) is 2. The van der Waals surface area contributed by atoms with Crippen molar-refractivity contribution in [3.63, 3.8) is 0 Å². The lowest BCUT2D eigenvalue weighted by molar-refractivity contribution is -0.929. The van der Waals surface area contributed by atoms with E-state index in [4.69, 9.17) is 13.4 Å². The molecule has 4 atom stereocenters. The van der Waals surface area contributed by atoms with Crippen molar-refractivity contribution in [2.24, 2.45) is 11.8 Å². The van der Waals surface area contributed by atoms with E-state index in [0.29, 0.717) is 77.6 Å². The summed E-state index contributed by atoms with van der Waals surface area (Å²) < 4.78 is 84.4. The summed E-state index contributed by atoms with van der Waals surface area (Å²) in [5.74, 6) is 2.88. The number of unbranched alkanes of at least 4 members (excludes halogenated alkanes) is 4. The van der Waals surface area contributed by atoms with Gasteiger partial charge in [0.2, 0.25) is 34.0 Å². The molecule has 66 heavy (non-hydrogen) atoms. The molecule has 2 N–H and O–H groups in total. The average molecular weight is 975 g/mol. The fourth-order valence-electron chi connectivity index (χ4n) is 9.47. The Labute approximate surface area is 390 Å². The third-order valence-electron chi connectivity index (χ3n) is 13.5. The number of hydroxylamine groups is 4. The van der Waals surface area contributed by atoms with Crippen LogP contribution in [-0.4, -0.2) is 147 Å². The van der Waals surface area contributed by atoms with E-state index >= 15 is 0 Å². The van der Waals surface area contributed by atoms with Crippen LogP contribution >= 0.6 is 0 Å². The van der Waals surface area contributed by atoms with Gasteiger partial charge in [-0.05, 0) is 89.1 Å². The molecule has 0 unspecified atom stereocenters. The number of amides is 4. The zero-order valence-corrected chi connectivity index (χ0v) is 40.1. The van der Waals surface area contributed by atoms with Crippen molar-refractivity contribution in [1.82, 2.24) is 45.6 Å². The molecule has 24 heteroatoms. The number of carbonyl (C=O) groups is 2. The maximum atomic E-state index is 12.3. The summed E-state index contributed by atoms with van der Waals surface area (Å²) >= 11 is 0. The third kappa shape index (κ3) is 14.3. The Kier molecular flexibility index (Phi) is 19.6. The van der Waals surface area contributed by atoms with Gasteiger partial charge in [-0.15, -0.1) is 24.7 Å². The molecule has 5 saturated heterocycles. The maximum absolute atomic E-state index is 12.3. The van der Waals surface area contributed by atoms with Crippen LogP contribution in [0.15, 0.2) is 8.83 Å². The third-order valence-corrected chi connectivity index (χ3v) is 14.2. The number of nitrogens with zero attached hydrogens (tertiary/aromatic N) is 9. The van der Waals surface area contributed by atoms with Crippen molar-refractivity contribution in [1.29, 1.82) is 0 Å². The largest absolute Gasteiger partial charge is 0.724 e. The Balaban J connectivity index is 0.000000188. The highest BCUT2D eigenvalue weighted by molar-refractivity contribution is 7.81. The van der Waals surface area contributed by atoms with Crippen LogP contribution < -0.4 is 5.32 Å². The highest BCUT2D eigenvalue weighted by atomic mass is 32.3. The predicted octanol–water partition coefficient (Wildman–Crippen LogP) is 5.89. The van der Waals surface area contributed by atoms with Gasteiger partial charge in [-0.3, -0.25) is 4.55 Å². The molecule has 0 radical (unpaired) electrons. The van der Waals surface area contributed by atoms with Crippen LogP contribution in [0.5, 0.6) is 0 Å². The molecule has 22 nitrogen and oxygen atoms in total. The van der Waals surface area contributed by atoms with E-state index in [0.717, 1.165) is 19.5 Å². The Morgan fingerprint density at radius 1 is 0.667 bits per heavy atom. The molecule has 2 aromatic heterocycles. The molecule has 5 aliphatic heterocycles. The number of nitrogens with one attached hydrogen (secondary N) is 1. The Hall–Kier alpha value is -3.52. The summed E-state index contributed by atoms with van der Waals surface area (Å²) in [6.45, 7) is 17.4. The highest BCUT2D eigenvalue weighted by Gasteiger charge is 2.50. The molecule has 0 aromatic carbocycles. The molecule has 376 valence electrons. The molecule has 8 rings (SSSR count). The van der Waals surface area contributed by atoms with Gasteiger partial charge in [-0.1, -0.05) is 67.2 Å². The molecular formula is C42H74N10O12S2. The molecule has 0 spiro atoms. The van der Waals surface area contributed by atoms with Crippen LogP contribution in [0.4, 0.5) is 9.59 Å². The zero-order chi connectivity index (χ0) is 46.8. The summed E-state index contributed by atoms with van der Waals surface area (Å²) in [5, 5.41) is 20.7. The fraction of sp³-hybridized carbons (Fsp3) is 0.857. The lowest BCUT2D eigenvalue weighted by atomic mass is 9.83. The summed E-state index contributed by atoms with van der Waals surface area (Å²) in [6.07, 6.45) is 18.2. The van der Waals surface area contributed by atoms with Gasteiger partial charge in [0.25, 0.3) is 0 Å². The van der Waals surface area contributed by atoms with Crippen molar-refractivity contribution in [3.8, 4) is 0 Å².